The minimum Gasteiger partial charge on any atom is -0.325 e. The number of hydrogen-bond acceptors (Lipinski definition) is 3. The molecule has 3 aromatic carbocycles. The van der Waals surface area contributed by atoms with Gasteiger partial charge >= 0.3 is 0 Å². The van der Waals surface area contributed by atoms with Gasteiger partial charge in [0, 0.05) is 21.7 Å². The molecule has 0 heterocycles. The van der Waals surface area contributed by atoms with Crippen LogP contribution >= 0.6 is 27.5 Å². The van der Waals surface area contributed by atoms with Gasteiger partial charge in [0.25, 0.3) is 0 Å². The Bertz CT molecular complexity index is 1220. The number of rotatable bonds is 7. The summed E-state index contributed by atoms with van der Waals surface area (Å²) < 4.78 is 29.4. The number of carbonyl (C=O) groups excluding carboxylic acids is 1. The van der Waals surface area contributed by atoms with Gasteiger partial charge in [0.15, 0.2) is 0 Å². The molecule has 1 amide bonds. The molecule has 0 unspecified atom stereocenters. The number of hydrogen-bond donors (Lipinski definition) is 1. The molecule has 0 spiro atoms. The molecular weight excluding hydrogens is 512 g/mol. The molecule has 1 N–H and O–H groups in total. The zero-order valence-electron chi connectivity index (χ0n) is 18.0. The van der Waals surface area contributed by atoms with Gasteiger partial charge in [0.05, 0.1) is 11.4 Å². The summed E-state index contributed by atoms with van der Waals surface area (Å²) in [4.78, 5) is 13.1. The van der Waals surface area contributed by atoms with Crippen molar-refractivity contribution in [3.8, 4) is 0 Å². The van der Waals surface area contributed by atoms with Gasteiger partial charge in [-0.3, -0.25) is 4.79 Å². The molecular formula is C24H24BrClN2O3S. The first kappa shape index (κ1) is 24.5. The average molecular weight is 536 g/mol. The zero-order valence-corrected chi connectivity index (χ0v) is 21.2. The van der Waals surface area contributed by atoms with Crippen LogP contribution in [0.3, 0.4) is 0 Å². The third-order valence-electron chi connectivity index (χ3n) is 4.90. The number of carbonyl (C=O) groups is 1. The maximum atomic E-state index is 13.7. The van der Waals surface area contributed by atoms with Crippen LogP contribution in [0.25, 0.3) is 0 Å². The monoisotopic (exact) mass is 534 g/mol. The summed E-state index contributed by atoms with van der Waals surface area (Å²) in [5.74, 6) is -0.428. The van der Waals surface area contributed by atoms with Gasteiger partial charge in [0.1, 0.15) is 0 Å². The van der Waals surface area contributed by atoms with Gasteiger partial charge in [-0.2, -0.15) is 4.31 Å². The van der Waals surface area contributed by atoms with E-state index in [-0.39, 0.29) is 18.0 Å². The van der Waals surface area contributed by atoms with E-state index in [1.54, 1.807) is 56.3 Å². The van der Waals surface area contributed by atoms with Crippen LogP contribution in [0.1, 0.15) is 22.3 Å². The van der Waals surface area contributed by atoms with Crippen molar-refractivity contribution >= 4 is 49.1 Å². The standard InChI is InChI=1S/C24H24BrClN2O3S/c1-16-11-17(2)24(18(3)12-16)32(30,31)28(14-19-7-9-21(26)10-8-19)15-23(29)27-22-6-4-5-20(25)13-22/h4-13H,14-15H2,1-3H3,(H,27,29). The molecule has 5 nitrogen and oxygen atoms in total. The Morgan fingerprint density at radius 3 is 2.22 bits per heavy atom. The summed E-state index contributed by atoms with van der Waals surface area (Å²) in [5.41, 5.74) is 3.59. The first-order valence-corrected chi connectivity index (χ1v) is 12.6. The molecule has 3 rings (SSSR count). The fraction of sp³-hybridized carbons (Fsp3) is 0.208. The molecule has 3 aromatic rings. The SMILES string of the molecule is Cc1cc(C)c(S(=O)(=O)N(CC(=O)Nc2cccc(Br)c2)Cc2ccc(Cl)cc2)c(C)c1. The fourth-order valence-corrected chi connectivity index (χ4v) is 5.97. The van der Waals surface area contributed by atoms with Crippen LogP contribution in [0, 0.1) is 20.8 Å². The quantitative estimate of drug-likeness (QED) is 0.412. The predicted octanol–water partition coefficient (Wildman–Crippen LogP) is 5.86. The second-order valence-electron chi connectivity index (χ2n) is 7.69. The van der Waals surface area contributed by atoms with Crippen molar-refractivity contribution in [1.82, 2.24) is 4.31 Å². The molecule has 0 saturated carbocycles. The van der Waals surface area contributed by atoms with Gasteiger partial charge in [-0.05, 0) is 67.8 Å². The Morgan fingerprint density at radius 1 is 1.00 bits per heavy atom. The first-order valence-electron chi connectivity index (χ1n) is 9.94. The molecule has 0 bridgehead atoms. The minimum atomic E-state index is -3.95. The lowest BCUT2D eigenvalue weighted by Crippen LogP contribution is -2.38. The summed E-state index contributed by atoms with van der Waals surface area (Å²) >= 11 is 9.35. The lowest BCUT2D eigenvalue weighted by Gasteiger charge is -2.24. The fourth-order valence-electron chi connectivity index (χ4n) is 3.65. The van der Waals surface area contributed by atoms with Crippen molar-refractivity contribution in [2.45, 2.75) is 32.2 Å². The Morgan fingerprint density at radius 2 is 1.62 bits per heavy atom. The molecule has 0 aliphatic rings. The number of amides is 1. The van der Waals surface area contributed by atoms with Crippen molar-refractivity contribution in [2.24, 2.45) is 0 Å². The molecule has 0 aromatic heterocycles. The third-order valence-corrected chi connectivity index (χ3v) is 7.75. The highest BCUT2D eigenvalue weighted by molar-refractivity contribution is 9.10. The van der Waals surface area contributed by atoms with E-state index in [2.05, 4.69) is 21.2 Å². The van der Waals surface area contributed by atoms with Gasteiger partial charge in [0.2, 0.25) is 15.9 Å². The van der Waals surface area contributed by atoms with Crippen molar-refractivity contribution < 1.29 is 13.2 Å². The highest BCUT2D eigenvalue weighted by Crippen LogP contribution is 2.27. The number of aryl methyl sites for hydroxylation is 3. The number of nitrogens with one attached hydrogen (secondary N) is 1. The Hall–Kier alpha value is -2.19. The second-order valence-corrected chi connectivity index (χ2v) is 10.9. The maximum Gasteiger partial charge on any atom is 0.244 e. The summed E-state index contributed by atoms with van der Waals surface area (Å²) in [6.07, 6.45) is 0. The zero-order chi connectivity index (χ0) is 23.5. The van der Waals surface area contributed by atoms with Gasteiger partial charge < -0.3 is 5.32 Å². The second kappa shape index (κ2) is 10.2. The Balaban J connectivity index is 1.96. The molecule has 0 aliphatic carbocycles. The molecule has 0 atom stereocenters. The lowest BCUT2D eigenvalue weighted by atomic mass is 10.1. The molecule has 8 heteroatoms. The molecule has 0 fully saturated rings. The van der Waals surface area contributed by atoms with Gasteiger partial charge in [-0.25, -0.2) is 8.42 Å². The number of sulfonamides is 1. The van der Waals surface area contributed by atoms with Crippen LogP contribution in [-0.4, -0.2) is 25.2 Å². The lowest BCUT2D eigenvalue weighted by molar-refractivity contribution is -0.116. The van der Waals surface area contributed by atoms with Crippen LogP contribution < -0.4 is 5.32 Å². The first-order chi connectivity index (χ1) is 15.1. The van der Waals surface area contributed by atoms with E-state index in [9.17, 15) is 13.2 Å². The van der Waals surface area contributed by atoms with E-state index in [1.807, 2.05) is 25.1 Å². The van der Waals surface area contributed by atoms with Crippen LogP contribution in [0.4, 0.5) is 5.69 Å². The van der Waals surface area contributed by atoms with Crippen LogP contribution in [-0.2, 0) is 21.4 Å². The molecule has 168 valence electrons. The van der Waals surface area contributed by atoms with Crippen molar-refractivity contribution in [3.05, 3.63) is 92.4 Å². The topological polar surface area (TPSA) is 66.5 Å². The number of nitrogens with zero attached hydrogens (tertiary/aromatic N) is 1. The predicted molar refractivity (Wildman–Crippen MR) is 132 cm³/mol. The van der Waals surface area contributed by atoms with Gasteiger partial charge in [-0.15, -0.1) is 0 Å². The Kier molecular flexibility index (Phi) is 7.77. The minimum absolute atomic E-state index is 0.0398. The maximum absolute atomic E-state index is 13.7. The van der Waals surface area contributed by atoms with Crippen LogP contribution in [0.2, 0.25) is 5.02 Å². The smallest absolute Gasteiger partial charge is 0.244 e. The summed E-state index contributed by atoms with van der Waals surface area (Å²) in [7, 11) is -3.95. The molecule has 0 radical (unpaired) electrons. The van der Waals surface area contributed by atoms with Crippen LogP contribution in [0.5, 0.6) is 0 Å². The highest BCUT2D eigenvalue weighted by atomic mass is 79.9. The van der Waals surface area contributed by atoms with Crippen molar-refractivity contribution in [1.29, 1.82) is 0 Å². The average Bonchev–Trinajstić information content (AvgIpc) is 2.68. The molecule has 0 saturated heterocycles. The third kappa shape index (κ3) is 5.98. The van der Waals surface area contributed by atoms with E-state index in [4.69, 9.17) is 11.6 Å². The van der Waals surface area contributed by atoms with Gasteiger partial charge in [-0.1, -0.05) is 63.4 Å². The van der Waals surface area contributed by atoms with Crippen LogP contribution in [0.15, 0.2) is 70.0 Å². The number of halogens is 2. The Labute approximate surface area is 202 Å². The van der Waals surface area contributed by atoms with Crippen molar-refractivity contribution in [2.75, 3.05) is 11.9 Å². The molecule has 32 heavy (non-hydrogen) atoms. The number of anilines is 1. The normalized spacial score (nSPS) is 11.6. The van der Waals surface area contributed by atoms with E-state index in [0.717, 1.165) is 15.6 Å². The van der Waals surface area contributed by atoms with E-state index < -0.39 is 15.9 Å². The van der Waals surface area contributed by atoms with E-state index in [1.165, 1.54) is 4.31 Å². The van der Waals surface area contributed by atoms with Crippen molar-refractivity contribution in [3.63, 3.8) is 0 Å². The number of benzene rings is 3. The van der Waals surface area contributed by atoms with E-state index in [0.29, 0.717) is 21.8 Å². The summed E-state index contributed by atoms with van der Waals surface area (Å²) in [6.45, 7) is 5.18. The summed E-state index contributed by atoms with van der Waals surface area (Å²) in [5, 5.41) is 3.33. The summed E-state index contributed by atoms with van der Waals surface area (Å²) in [6, 6.07) is 17.7. The van der Waals surface area contributed by atoms with E-state index >= 15 is 0 Å². The highest BCUT2D eigenvalue weighted by Gasteiger charge is 2.30. The largest absolute Gasteiger partial charge is 0.325 e. The molecule has 0 aliphatic heterocycles.